The van der Waals surface area contributed by atoms with Gasteiger partial charge in [0.05, 0.1) is 5.92 Å². The van der Waals surface area contributed by atoms with Crippen molar-refractivity contribution in [2.24, 2.45) is 17.3 Å². The van der Waals surface area contributed by atoms with E-state index in [0.29, 0.717) is 11.1 Å². The van der Waals surface area contributed by atoms with Crippen molar-refractivity contribution in [1.29, 1.82) is 0 Å². The van der Waals surface area contributed by atoms with Crippen LogP contribution in [0, 0.1) is 24.2 Å². The van der Waals surface area contributed by atoms with E-state index in [1.807, 2.05) is 0 Å². The second kappa shape index (κ2) is 6.98. The number of aryl methyl sites for hydroxylation is 1. The first-order chi connectivity index (χ1) is 11.5. The van der Waals surface area contributed by atoms with E-state index in [4.69, 9.17) is 16.3 Å². The number of esters is 1. The molecule has 0 radical (unpaired) electrons. The molecule has 0 amide bonds. The molecular formula is C18H19ClF4O2. The number of rotatable bonds is 5. The number of hydrogen-bond acceptors (Lipinski definition) is 2. The Morgan fingerprint density at radius 3 is 2.56 bits per heavy atom. The van der Waals surface area contributed by atoms with Gasteiger partial charge < -0.3 is 4.74 Å². The van der Waals surface area contributed by atoms with Crippen LogP contribution < -0.4 is 0 Å². The first-order valence-corrected chi connectivity index (χ1v) is 8.12. The molecule has 0 aromatic heterocycles. The number of allylic oxidation sites excluding steroid dienone is 2. The lowest BCUT2D eigenvalue weighted by Crippen LogP contribution is -2.12. The van der Waals surface area contributed by atoms with Crippen LogP contribution >= 0.6 is 11.6 Å². The van der Waals surface area contributed by atoms with Crippen molar-refractivity contribution in [3.63, 3.8) is 0 Å². The maximum absolute atomic E-state index is 13.1. The lowest BCUT2D eigenvalue weighted by molar-refractivity contribution is -0.147. The van der Waals surface area contributed by atoms with E-state index in [-0.39, 0.29) is 6.61 Å². The summed E-state index contributed by atoms with van der Waals surface area (Å²) in [5.74, 6) is -1.96. The van der Waals surface area contributed by atoms with Crippen molar-refractivity contribution < 1.29 is 27.1 Å². The molecule has 0 bridgehead atoms. The van der Waals surface area contributed by atoms with Crippen LogP contribution in [0.15, 0.2) is 29.3 Å². The predicted molar refractivity (Wildman–Crippen MR) is 86.5 cm³/mol. The Hall–Kier alpha value is -1.56. The zero-order chi connectivity index (χ0) is 19.0. The summed E-state index contributed by atoms with van der Waals surface area (Å²) in [6.45, 7) is 4.32. The van der Waals surface area contributed by atoms with Crippen LogP contribution in [-0.2, 0) is 22.8 Å². The summed E-state index contributed by atoms with van der Waals surface area (Å²) in [6.07, 6.45) is -3.76. The van der Waals surface area contributed by atoms with Crippen molar-refractivity contribution in [3.05, 3.63) is 46.0 Å². The number of hydrogen-bond donors (Lipinski definition) is 0. The molecule has 0 aliphatic heterocycles. The number of halogens is 5. The topological polar surface area (TPSA) is 26.3 Å². The highest BCUT2D eigenvalue weighted by Gasteiger charge is 2.62. The summed E-state index contributed by atoms with van der Waals surface area (Å²) < 4.78 is 56.0. The average molecular weight is 379 g/mol. The van der Waals surface area contributed by atoms with E-state index in [1.54, 1.807) is 39.0 Å². The molecular weight excluding hydrogens is 360 g/mol. The summed E-state index contributed by atoms with van der Waals surface area (Å²) in [4.78, 5) is 12.3. The van der Waals surface area contributed by atoms with Crippen molar-refractivity contribution in [1.82, 2.24) is 0 Å². The van der Waals surface area contributed by atoms with Crippen LogP contribution in [0.4, 0.5) is 17.6 Å². The van der Waals surface area contributed by atoms with Gasteiger partial charge in [-0.1, -0.05) is 49.7 Å². The molecule has 1 aromatic carbocycles. The molecule has 2 nitrogen and oxygen atoms in total. The Labute approximate surface area is 148 Å². The molecule has 2 rings (SSSR count). The molecule has 1 saturated carbocycles. The predicted octanol–water partition coefficient (Wildman–Crippen LogP) is 5.46. The highest BCUT2D eigenvalue weighted by Crippen LogP contribution is 2.60. The summed E-state index contributed by atoms with van der Waals surface area (Å²) in [5, 5.41) is -1.24. The van der Waals surface area contributed by atoms with E-state index in [2.05, 4.69) is 0 Å². The van der Waals surface area contributed by atoms with Gasteiger partial charge in [-0.2, -0.15) is 13.2 Å². The van der Waals surface area contributed by atoms with Crippen LogP contribution in [0.3, 0.4) is 0 Å². The molecule has 1 aliphatic carbocycles. The van der Waals surface area contributed by atoms with Gasteiger partial charge in [0.2, 0.25) is 0 Å². The third-order valence-electron chi connectivity index (χ3n) is 4.77. The highest BCUT2D eigenvalue weighted by molar-refractivity contribution is 6.30. The standard InChI is InChI=1S/C18H19ClF4O2/c1-10-5-4-6-11(12(10)8-20)9-25-16(24)15-13(17(15,2)3)7-14(19)18(21,22)23/h4-7,13,15H,8-9H2,1-3H3. The second-order valence-corrected chi connectivity index (χ2v) is 7.20. The van der Waals surface area contributed by atoms with Crippen molar-refractivity contribution in [2.45, 2.75) is 40.2 Å². The lowest BCUT2D eigenvalue weighted by atomic mass is 10.0. The molecule has 1 aliphatic rings. The fraction of sp³-hybridized carbons (Fsp3) is 0.500. The van der Waals surface area contributed by atoms with Gasteiger partial charge in [0, 0.05) is 0 Å². The van der Waals surface area contributed by atoms with Crippen LogP contribution in [-0.4, -0.2) is 12.1 Å². The molecule has 0 saturated heterocycles. The van der Waals surface area contributed by atoms with Gasteiger partial charge in [-0.25, -0.2) is 4.39 Å². The monoisotopic (exact) mass is 378 g/mol. The summed E-state index contributed by atoms with van der Waals surface area (Å²) in [5.41, 5.74) is 1.09. The minimum atomic E-state index is -4.63. The maximum atomic E-state index is 13.1. The Kier molecular flexibility index (Phi) is 5.52. The molecule has 25 heavy (non-hydrogen) atoms. The molecule has 0 N–H and O–H groups in total. The zero-order valence-corrected chi connectivity index (χ0v) is 14.8. The van der Waals surface area contributed by atoms with E-state index in [0.717, 1.165) is 11.6 Å². The highest BCUT2D eigenvalue weighted by atomic mass is 35.5. The first kappa shape index (κ1) is 19.8. The normalized spacial score (nSPS) is 22.6. The van der Waals surface area contributed by atoms with Crippen LogP contribution in [0.1, 0.15) is 30.5 Å². The molecule has 0 spiro atoms. The Bertz CT molecular complexity index is 695. The van der Waals surface area contributed by atoms with Crippen LogP contribution in [0.2, 0.25) is 0 Å². The molecule has 0 heterocycles. The minimum absolute atomic E-state index is 0.115. The molecule has 7 heteroatoms. The molecule has 1 fully saturated rings. The summed E-state index contributed by atoms with van der Waals surface area (Å²) >= 11 is 5.26. The van der Waals surface area contributed by atoms with Gasteiger partial charge >= 0.3 is 12.1 Å². The van der Waals surface area contributed by atoms with Crippen molar-refractivity contribution >= 4 is 17.6 Å². The maximum Gasteiger partial charge on any atom is 0.426 e. The zero-order valence-electron chi connectivity index (χ0n) is 14.1. The van der Waals surface area contributed by atoms with Crippen LogP contribution in [0.5, 0.6) is 0 Å². The van der Waals surface area contributed by atoms with Gasteiger partial charge in [0.15, 0.2) is 0 Å². The summed E-state index contributed by atoms with van der Waals surface area (Å²) in [6, 6.07) is 5.14. The number of benzene rings is 1. The third-order valence-corrected chi connectivity index (χ3v) is 5.11. The Morgan fingerprint density at radius 2 is 2.00 bits per heavy atom. The van der Waals surface area contributed by atoms with E-state index >= 15 is 0 Å². The number of carbonyl (C=O) groups is 1. The van der Waals surface area contributed by atoms with Gasteiger partial charge in [0.1, 0.15) is 18.3 Å². The molecule has 2 atom stereocenters. The average Bonchev–Trinajstić information content (AvgIpc) is 3.04. The molecule has 138 valence electrons. The smallest absolute Gasteiger partial charge is 0.426 e. The van der Waals surface area contributed by atoms with E-state index in [9.17, 15) is 22.4 Å². The van der Waals surface area contributed by atoms with Crippen LogP contribution in [0.25, 0.3) is 0 Å². The second-order valence-electron chi connectivity index (χ2n) is 6.79. The number of ether oxygens (including phenoxy) is 1. The van der Waals surface area contributed by atoms with Gasteiger partial charge in [0.25, 0.3) is 0 Å². The van der Waals surface area contributed by atoms with Gasteiger partial charge in [-0.05, 0) is 34.9 Å². The summed E-state index contributed by atoms with van der Waals surface area (Å²) in [7, 11) is 0. The fourth-order valence-electron chi connectivity index (χ4n) is 3.02. The Balaban J connectivity index is 2.06. The SMILES string of the molecule is Cc1cccc(COC(=O)C2C(C=C(Cl)C(F)(F)F)C2(C)C)c1CF. The van der Waals surface area contributed by atoms with E-state index < -0.39 is 41.1 Å². The number of carbonyl (C=O) groups excluding carboxylic acids is 1. The minimum Gasteiger partial charge on any atom is -0.461 e. The quantitative estimate of drug-likeness (QED) is 0.502. The Morgan fingerprint density at radius 1 is 1.36 bits per heavy atom. The van der Waals surface area contributed by atoms with Crippen molar-refractivity contribution in [3.8, 4) is 0 Å². The molecule has 2 unspecified atom stereocenters. The van der Waals surface area contributed by atoms with Gasteiger partial charge in [-0.3, -0.25) is 4.79 Å². The molecule has 1 aromatic rings. The van der Waals surface area contributed by atoms with E-state index in [1.165, 1.54) is 0 Å². The first-order valence-electron chi connectivity index (χ1n) is 7.74. The lowest BCUT2D eigenvalue weighted by Gasteiger charge is -2.11. The fourth-order valence-corrected chi connectivity index (χ4v) is 3.15. The largest absolute Gasteiger partial charge is 0.461 e. The number of alkyl halides is 4. The van der Waals surface area contributed by atoms with Gasteiger partial charge in [-0.15, -0.1) is 0 Å². The van der Waals surface area contributed by atoms with Crippen molar-refractivity contribution in [2.75, 3.05) is 0 Å². The third kappa shape index (κ3) is 4.17.